The van der Waals surface area contributed by atoms with Crippen LogP contribution in [0, 0.1) is 0 Å². The molecule has 5 heteroatoms. The zero-order chi connectivity index (χ0) is 14.1. The van der Waals surface area contributed by atoms with E-state index < -0.39 is 0 Å². The fraction of sp³-hybridized carbons (Fsp3) is 0.500. The van der Waals surface area contributed by atoms with Gasteiger partial charge in [0.15, 0.2) is 0 Å². The molecule has 0 spiro atoms. The van der Waals surface area contributed by atoms with Crippen molar-refractivity contribution in [3.63, 3.8) is 0 Å². The zero-order valence-electron chi connectivity index (χ0n) is 11.6. The molecule has 0 atom stereocenters. The molecule has 19 heavy (non-hydrogen) atoms. The van der Waals surface area contributed by atoms with Crippen molar-refractivity contribution in [2.24, 2.45) is 0 Å². The predicted octanol–water partition coefficient (Wildman–Crippen LogP) is 1.35. The molecule has 1 aromatic rings. The number of hydrogen-bond donors (Lipinski definition) is 1. The lowest BCUT2D eigenvalue weighted by Gasteiger charge is -2.20. The van der Waals surface area contributed by atoms with Gasteiger partial charge in [0.05, 0.1) is 6.54 Å². The van der Waals surface area contributed by atoms with Crippen molar-refractivity contribution < 1.29 is 9.59 Å². The highest BCUT2D eigenvalue weighted by Crippen LogP contribution is 1.97. The van der Waals surface area contributed by atoms with E-state index in [0.29, 0.717) is 13.1 Å². The molecule has 0 aliphatic heterocycles. The minimum absolute atomic E-state index is 0.0648. The van der Waals surface area contributed by atoms with Crippen LogP contribution in [0.3, 0.4) is 0 Å². The van der Waals surface area contributed by atoms with Crippen LogP contribution in [0.2, 0.25) is 0 Å². The van der Waals surface area contributed by atoms with Gasteiger partial charge >= 0.3 is 0 Å². The number of nitrogens with zero attached hydrogens (tertiary/aromatic N) is 2. The summed E-state index contributed by atoms with van der Waals surface area (Å²) in [4.78, 5) is 28.7. The largest absolute Gasteiger partial charge is 0.350 e. The summed E-state index contributed by atoms with van der Waals surface area (Å²) in [5.74, 6) is -0.208. The number of aromatic nitrogens is 1. The molecule has 0 unspecified atom stereocenters. The molecule has 0 saturated heterocycles. The second-order valence-electron chi connectivity index (χ2n) is 4.43. The Kier molecular flexibility index (Phi) is 6.57. The van der Waals surface area contributed by atoms with Gasteiger partial charge in [0.1, 0.15) is 0 Å². The third-order valence-electron chi connectivity index (χ3n) is 2.77. The van der Waals surface area contributed by atoms with Gasteiger partial charge in [0.2, 0.25) is 11.8 Å². The SMILES string of the molecule is CCCCN(CC(=O)NCc1cccnc1)C(C)=O. The normalized spacial score (nSPS) is 10.0. The second kappa shape index (κ2) is 8.24. The van der Waals surface area contributed by atoms with Crippen LogP contribution in [0.1, 0.15) is 32.3 Å². The maximum absolute atomic E-state index is 11.8. The van der Waals surface area contributed by atoms with Gasteiger partial charge in [-0.2, -0.15) is 0 Å². The average Bonchev–Trinajstić information content (AvgIpc) is 2.42. The number of nitrogens with one attached hydrogen (secondary N) is 1. The molecule has 0 fully saturated rings. The Balaban J connectivity index is 2.38. The van der Waals surface area contributed by atoms with Crippen molar-refractivity contribution in [3.05, 3.63) is 30.1 Å². The molecular formula is C14H21N3O2. The summed E-state index contributed by atoms with van der Waals surface area (Å²) in [5, 5.41) is 2.79. The molecule has 1 N–H and O–H groups in total. The van der Waals surface area contributed by atoms with Crippen LogP contribution in [-0.4, -0.2) is 34.8 Å². The van der Waals surface area contributed by atoms with Crippen LogP contribution in [0.25, 0.3) is 0 Å². The van der Waals surface area contributed by atoms with E-state index in [-0.39, 0.29) is 18.4 Å². The summed E-state index contributed by atoms with van der Waals surface area (Å²) in [6.07, 6.45) is 5.31. The molecule has 1 heterocycles. The van der Waals surface area contributed by atoms with Gasteiger partial charge in [0.25, 0.3) is 0 Å². The lowest BCUT2D eigenvalue weighted by molar-refractivity contribution is -0.134. The Bertz CT molecular complexity index is 406. The standard InChI is InChI=1S/C14H21N3O2/c1-3-4-8-17(12(2)18)11-14(19)16-10-13-6-5-7-15-9-13/h5-7,9H,3-4,8,10-11H2,1-2H3,(H,16,19). The van der Waals surface area contributed by atoms with E-state index in [2.05, 4.69) is 17.2 Å². The summed E-state index contributed by atoms with van der Waals surface area (Å²) in [6.45, 7) is 4.73. The van der Waals surface area contributed by atoms with Crippen molar-refractivity contribution in [2.75, 3.05) is 13.1 Å². The van der Waals surface area contributed by atoms with Gasteiger partial charge in [-0.3, -0.25) is 14.6 Å². The Morgan fingerprint density at radius 2 is 2.21 bits per heavy atom. The van der Waals surface area contributed by atoms with Crippen molar-refractivity contribution in [3.8, 4) is 0 Å². The Morgan fingerprint density at radius 3 is 2.79 bits per heavy atom. The first-order valence-corrected chi connectivity index (χ1v) is 6.54. The van der Waals surface area contributed by atoms with Crippen LogP contribution in [0.4, 0.5) is 0 Å². The molecule has 1 rings (SSSR count). The quantitative estimate of drug-likeness (QED) is 0.807. The number of unbranched alkanes of at least 4 members (excludes halogenated alkanes) is 1. The van der Waals surface area contributed by atoms with Crippen LogP contribution >= 0.6 is 0 Å². The van der Waals surface area contributed by atoms with Crippen LogP contribution in [0.5, 0.6) is 0 Å². The molecule has 104 valence electrons. The van der Waals surface area contributed by atoms with Crippen LogP contribution in [0.15, 0.2) is 24.5 Å². The van der Waals surface area contributed by atoms with Crippen LogP contribution < -0.4 is 5.32 Å². The Labute approximate surface area is 114 Å². The topological polar surface area (TPSA) is 62.3 Å². The van der Waals surface area contributed by atoms with Crippen molar-refractivity contribution in [1.82, 2.24) is 15.2 Å². The predicted molar refractivity (Wildman–Crippen MR) is 73.2 cm³/mol. The molecule has 0 aliphatic carbocycles. The van der Waals surface area contributed by atoms with Gasteiger partial charge < -0.3 is 10.2 Å². The van der Waals surface area contributed by atoms with Crippen molar-refractivity contribution >= 4 is 11.8 Å². The van der Waals surface area contributed by atoms with E-state index in [1.54, 1.807) is 17.3 Å². The van der Waals surface area contributed by atoms with E-state index in [1.807, 2.05) is 12.1 Å². The molecule has 0 saturated carbocycles. The molecule has 0 bridgehead atoms. The van der Waals surface area contributed by atoms with E-state index >= 15 is 0 Å². The molecule has 1 aromatic heterocycles. The first-order chi connectivity index (χ1) is 9.13. The molecule has 5 nitrogen and oxygen atoms in total. The van der Waals surface area contributed by atoms with E-state index in [0.717, 1.165) is 18.4 Å². The smallest absolute Gasteiger partial charge is 0.239 e. The van der Waals surface area contributed by atoms with Gasteiger partial charge in [-0.25, -0.2) is 0 Å². The second-order valence-corrected chi connectivity index (χ2v) is 4.43. The lowest BCUT2D eigenvalue weighted by Crippen LogP contribution is -2.40. The monoisotopic (exact) mass is 263 g/mol. The maximum atomic E-state index is 11.8. The minimum atomic E-state index is -0.143. The molecule has 0 aromatic carbocycles. The number of carbonyl (C=O) groups excluding carboxylic acids is 2. The van der Waals surface area contributed by atoms with Crippen LogP contribution in [-0.2, 0) is 16.1 Å². The van der Waals surface area contributed by atoms with E-state index in [9.17, 15) is 9.59 Å². The summed E-state index contributed by atoms with van der Waals surface area (Å²) in [7, 11) is 0. The number of rotatable bonds is 7. The number of carbonyl (C=O) groups is 2. The Hall–Kier alpha value is -1.91. The van der Waals surface area contributed by atoms with Crippen molar-refractivity contribution in [1.29, 1.82) is 0 Å². The highest BCUT2D eigenvalue weighted by Gasteiger charge is 2.12. The average molecular weight is 263 g/mol. The third kappa shape index (κ3) is 5.99. The highest BCUT2D eigenvalue weighted by atomic mass is 16.2. The first kappa shape index (κ1) is 15.1. The number of amides is 2. The number of hydrogen-bond acceptors (Lipinski definition) is 3. The highest BCUT2D eigenvalue weighted by molar-refractivity contribution is 5.83. The lowest BCUT2D eigenvalue weighted by atomic mass is 10.3. The fourth-order valence-corrected chi connectivity index (χ4v) is 1.63. The van der Waals surface area contributed by atoms with Gasteiger partial charge in [-0.1, -0.05) is 19.4 Å². The Morgan fingerprint density at radius 1 is 1.42 bits per heavy atom. The van der Waals surface area contributed by atoms with Gasteiger partial charge in [-0.05, 0) is 18.1 Å². The van der Waals surface area contributed by atoms with E-state index in [1.165, 1.54) is 6.92 Å². The maximum Gasteiger partial charge on any atom is 0.239 e. The van der Waals surface area contributed by atoms with E-state index in [4.69, 9.17) is 0 Å². The summed E-state index contributed by atoms with van der Waals surface area (Å²) < 4.78 is 0. The fourth-order valence-electron chi connectivity index (χ4n) is 1.63. The summed E-state index contributed by atoms with van der Waals surface area (Å²) >= 11 is 0. The number of pyridine rings is 1. The third-order valence-corrected chi connectivity index (χ3v) is 2.77. The first-order valence-electron chi connectivity index (χ1n) is 6.54. The zero-order valence-corrected chi connectivity index (χ0v) is 11.6. The van der Waals surface area contributed by atoms with Gasteiger partial charge in [0, 0.05) is 32.4 Å². The summed E-state index contributed by atoms with van der Waals surface area (Å²) in [5.41, 5.74) is 0.943. The molecular weight excluding hydrogens is 242 g/mol. The molecule has 0 radical (unpaired) electrons. The summed E-state index contributed by atoms with van der Waals surface area (Å²) in [6, 6.07) is 3.72. The molecule has 0 aliphatic rings. The molecule has 2 amide bonds. The minimum Gasteiger partial charge on any atom is -0.350 e. The van der Waals surface area contributed by atoms with Gasteiger partial charge in [-0.15, -0.1) is 0 Å². The van der Waals surface area contributed by atoms with Crippen molar-refractivity contribution in [2.45, 2.75) is 33.2 Å².